The van der Waals surface area contributed by atoms with Gasteiger partial charge in [-0.3, -0.25) is 4.79 Å². The number of aromatic nitrogens is 2. The first-order valence-corrected chi connectivity index (χ1v) is 9.50. The Morgan fingerprint density at radius 2 is 2.12 bits per heavy atom. The number of carbonyl (C=O) groups is 1. The largest absolute Gasteiger partial charge is 0.467 e. The Bertz CT molecular complexity index is 846. The molecule has 130 valence electrons. The molecule has 0 fully saturated rings. The molecule has 0 aliphatic rings. The molecule has 0 unspecified atom stereocenters. The maximum Gasteiger partial charge on any atom is 0.230 e. The summed E-state index contributed by atoms with van der Waals surface area (Å²) < 4.78 is 5.93. The van der Waals surface area contributed by atoms with Crippen molar-refractivity contribution < 1.29 is 9.21 Å². The highest BCUT2D eigenvalue weighted by Crippen LogP contribution is 2.29. The van der Waals surface area contributed by atoms with Crippen molar-refractivity contribution in [1.82, 2.24) is 15.5 Å². The van der Waals surface area contributed by atoms with Gasteiger partial charge in [-0.05, 0) is 43.2 Å². The van der Waals surface area contributed by atoms with E-state index in [9.17, 15) is 4.79 Å². The second kappa shape index (κ2) is 8.17. The third-order valence-electron chi connectivity index (χ3n) is 3.62. The van der Waals surface area contributed by atoms with Crippen LogP contribution in [0.1, 0.15) is 16.9 Å². The molecule has 8 heteroatoms. The fourth-order valence-corrected chi connectivity index (χ4v) is 3.69. The lowest BCUT2D eigenvalue weighted by Crippen LogP contribution is -2.24. The second-order valence-electron chi connectivity index (χ2n) is 5.39. The van der Waals surface area contributed by atoms with Crippen LogP contribution in [0.5, 0.6) is 0 Å². The smallest absolute Gasteiger partial charge is 0.230 e. The quantitative estimate of drug-likeness (QED) is 0.611. The summed E-state index contributed by atoms with van der Waals surface area (Å²) in [5.74, 6) is 0.952. The van der Waals surface area contributed by atoms with Gasteiger partial charge in [0.1, 0.15) is 5.76 Å². The summed E-state index contributed by atoms with van der Waals surface area (Å²) in [5.41, 5.74) is 3.42. The van der Waals surface area contributed by atoms with Crippen LogP contribution in [0.4, 0.5) is 10.8 Å². The van der Waals surface area contributed by atoms with Crippen LogP contribution in [0, 0.1) is 13.8 Å². The molecule has 0 aliphatic heterocycles. The van der Waals surface area contributed by atoms with E-state index in [1.54, 1.807) is 12.3 Å². The van der Waals surface area contributed by atoms with Crippen molar-refractivity contribution in [1.29, 1.82) is 0 Å². The SMILES string of the molecule is Cc1cccc(Nc2nnc(SCC(=O)NCc3ccco3)s2)c1C. The van der Waals surface area contributed by atoms with Crippen molar-refractivity contribution >= 4 is 39.8 Å². The number of rotatable bonds is 7. The Hall–Kier alpha value is -2.32. The topological polar surface area (TPSA) is 80.0 Å². The molecule has 3 rings (SSSR count). The molecule has 0 saturated carbocycles. The zero-order chi connectivity index (χ0) is 17.6. The molecule has 3 aromatic rings. The standard InChI is InChI=1S/C17H18N4O2S2/c1-11-5-3-7-14(12(11)2)19-16-20-21-17(25-16)24-10-15(22)18-9-13-6-4-8-23-13/h3-8H,9-10H2,1-2H3,(H,18,22)(H,19,20). The minimum Gasteiger partial charge on any atom is -0.467 e. The van der Waals surface area contributed by atoms with Crippen LogP contribution in [0.25, 0.3) is 0 Å². The minimum atomic E-state index is -0.0689. The minimum absolute atomic E-state index is 0.0689. The first-order valence-electron chi connectivity index (χ1n) is 7.70. The molecule has 2 heterocycles. The molecule has 0 radical (unpaired) electrons. The van der Waals surface area contributed by atoms with E-state index >= 15 is 0 Å². The normalized spacial score (nSPS) is 10.6. The molecular weight excluding hydrogens is 356 g/mol. The van der Waals surface area contributed by atoms with E-state index in [1.807, 2.05) is 18.2 Å². The third-order valence-corrected chi connectivity index (χ3v) is 5.59. The number of anilines is 2. The summed E-state index contributed by atoms with van der Waals surface area (Å²) in [7, 11) is 0. The number of hydrogen-bond acceptors (Lipinski definition) is 7. The van der Waals surface area contributed by atoms with Gasteiger partial charge in [0, 0.05) is 5.69 Å². The van der Waals surface area contributed by atoms with Gasteiger partial charge < -0.3 is 15.1 Å². The number of carbonyl (C=O) groups excluding carboxylic acids is 1. The molecule has 1 amide bonds. The lowest BCUT2D eigenvalue weighted by atomic mass is 10.1. The number of thioether (sulfide) groups is 1. The molecule has 0 saturated heterocycles. The van der Waals surface area contributed by atoms with Crippen molar-refractivity contribution in [3.8, 4) is 0 Å². The lowest BCUT2D eigenvalue weighted by Gasteiger charge is -2.08. The van der Waals surface area contributed by atoms with Gasteiger partial charge >= 0.3 is 0 Å². The van der Waals surface area contributed by atoms with Crippen LogP contribution in [0.15, 0.2) is 45.4 Å². The van der Waals surface area contributed by atoms with Crippen LogP contribution in [0.3, 0.4) is 0 Å². The number of furan rings is 1. The Morgan fingerprint density at radius 1 is 1.24 bits per heavy atom. The van der Waals surface area contributed by atoms with E-state index in [4.69, 9.17) is 4.42 Å². The van der Waals surface area contributed by atoms with Gasteiger partial charge in [-0.1, -0.05) is 35.2 Å². The van der Waals surface area contributed by atoms with Gasteiger partial charge in [-0.2, -0.15) is 0 Å². The fourth-order valence-electron chi connectivity index (χ4n) is 2.10. The molecule has 1 aromatic carbocycles. The van der Waals surface area contributed by atoms with Crippen LogP contribution in [0.2, 0.25) is 0 Å². The first kappa shape index (κ1) is 17.5. The Morgan fingerprint density at radius 3 is 2.92 bits per heavy atom. The predicted octanol–water partition coefficient (Wildman–Crippen LogP) is 3.90. The van der Waals surface area contributed by atoms with Gasteiger partial charge in [-0.15, -0.1) is 10.2 Å². The highest BCUT2D eigenvalue weighted by atomic mass is 32.2. The van der Waals surface area contributed by atoms with E-state index in [0.717, 1.165) is 15.8 Å². The van der Waals surface area contributed by atoms with Crippen molar-refractivity contribution in [2.45, 2.75) is 24.7 Å². The molecule has 0 atom stereocenters. The molecule has 0 aliphatic carbocycles. The highest BCUT2D eigenvalue weighted by Gasteiger charge is 2.10. The van der Waals surface area contributed by atoms with E-state index < -0.39 is 0 Å². The van der Waals surface area contributed by atoms with Crippen molar-refractivity contribution in [2.75, 3.05) is 11.1 Å². The van der Waals surface area contributed by atoms with Crippen molar-refractivity contribution in [2.24, 2.45) is 0 Å². The molecule has 6 nitrogen and oxygen atoms in total. The van der Waals surface area contributed by atoms with E-state index in [-0.39, 0.29) is 5.91 Å². The summed E-state index contributed by atoms with van der Waals surface area (Å²) in [6.07, 6.45) is 1.59. The van der Waals surface area contributed by atoms with Gasteiger partial charge in [0.2, 0.25) is 11.0 Å². The summed E-state index contributed by atoms with van der Waals surface area (Å²) in [4.78, 5) is 11.9. The Labute approximate surface area is 154 Å². The first-order chi connectivity index (χ1) is 12.1. The number of nitrogens with one attached hydrogen (secondary N) is 2. The summed E-state index contributed by atoms with van der Waals surface area (Å²) in [6.45, 7) is 4.53. The highest BCUT2D eigenvalue weighted by molar-refractivity contribution is 8.01. The molecule has 0 bridgehead atoms. The molecule has 2 N–H and O–H groups in total. The maximum absolute atomic E-state index is 11.9. The molecule has 2 aromatic heterocycles. The van der Waals surface area contributed by atoms with Gasteiger partial charge in [0.25, 0.3) is 0 Å². The van der Waals surface area contributed by atoms with Crippen molar-refractivity contribution in [3.05, 3.63) is 53.5 Å². The summed E-state index contributed by atoms with van der Waals surface area (Å²) >= 11 is 2.80. The van der Waals surface area contributed by atoms with E-state index in [2.05, 4.69) is 40.7 Å². The van der Waals surface area contributed by atoms with Gasteiger partial charge in [0.15, 0.2) is 4.34 Å². The fraction of sp³-hybridized carbons (Fsp3) is 0.235. The number of amides is 1. The van der Waals surface area contributed by atoms with Crippen LogP contribution < -0.4 is 10.6 Å². The number of hydrogen-bond donors (Lipinski definition) is 2. The number of nitrogens with zero attached hydrogens (tertiary/aromatic N) is 2. The number of aryl methyl sites for hydroxylation is 1. The average molecular weight is 374 g/mol. The molecule has 25 heavy (non-hydrogen) atoms. The van der Waals surface area contributed by atoms with Crippen LogP contribution >= 0.6 is 23.1 Å². The third kappa shape index (κ3) is 4.83. The second-order valence-corrected chi connectivity index (χ2v) is 7.59. The number of benzene rings is 1. The lowest BCUT2D eigenvalue weighted by molar-refractivity contribution is -0.118. The van der Waals surface area contributed by atoms with Crippen molar-refractivity contribution in [3.63, 3.8) is 0 Å². The Kier molecular flexibility index (Phi) is 5.72. The van der Waals surface area contributed by atoms with Gasteiger partial charge in [0.05, 0.1) is 18.6 Å². The van der Waals surface area contributed by atoms with E-state index in [1.165, 1.54) is 34.2 Å². The zero-order valence-electron chi connectivity index (χ0n) is 13.9. The van der Waals surface area contributed by atoms with E-state index in [0.29, 0.717) is 17.4 Å². The average Bonchev–Trinajstić information content (AvgIpc) is 3.27. The summed E-state index contributed by atoms with van der Waals surface area (Å²) in [6, 6.07) is 9.71. The maximum atomic E-state index is 11.9. The Balaban J connectivity index is 1.50. The molecule has 0 spiro atoms. The molecular formula is C17H18N4O2S2. The predicted molar refractivity (Wildman–Crippen MR) is 100 cm³/mol. The van der Waals surface area contributed by atoms with Gasteiger partial charge in [-0.25, -0.2) is 0 Å². The zero-order valence-corrected chi connectivity index (χ0v) is 15.5. The van der Waals surface area contributed by atoms with Crippen LogP contribution in [-0.2, 0) is 11.3 Å². The summed E-state index contributed by atoms with van der Waals surface area (Å²) in [5, 5.41) is 15.1. The van der Waals surface area contributed by atoms with Crippen LogP contribution in [-0.4, -0.2) is 21.9 Å². The monoisotopic (exact) mass is 374 g/mol.